The highest BCUT2D eigenvalue weighted by Gasteiger charge is 2.03. The molecule has 3 heteroatoms. The van der Waals surface area contributed by atoms with Crippen LogP contribution in [-0.4, -0.2) is 4.98 Å². The fraction of sp³-hybridized carbons (Fsp3) is 0.100. The Morgan fingerprint density at radius 1 is 1.23 bits per heavy atom. The van der Waals surface area contributed by atoms with Crippen LogP contribution in [0.4, 0.5) is 0 Å². The molecule has 0 aliphatic heterocycles. The lowest BCUT2D eigenvalue weighted by atomic mass is 10.2. The zero-order chi connectivity index (χ0) is 9.10. The maximum atomic E-state index is 5.46. The van der Waals surface area contributed by atoms with Crippen LogP contribution < -0.4 is 0 Å². The maximum Gasteiger partial charge on any atom is 0.205 e. The van der Waals surface area contributed by atoms with Gasteiger partial charge in [-0.2, -0.15) is 0 Å². The lowest BCUT2D eigenvalue weighted by molar-refractivity contribution is 0.531. The molecule has 0 unspecified atom stereocenters. The predicted molar refractivity (Wildman–Crippen MR) is 54.6 cm³/mol. The minimum atomic E-state index is 0.653. The first kappa shape index (κ1) is 8.51. The second-order valence-electron chi connectivity index (χ2n) is 2.62. The molecule has 0 aliphatic rings. The highest BCUT2D eigenvalue weighted by Crippen LogP contribution is 2.20. The Balaban J connectivity index is 2.36. The molecule has 0 atom stereocenters. The predicted octanol–water partition coefficient (Wildman–Crippen LogP) is 3.24. The monoisotopic (exact) mass is 237 g/mol. The van der Waals surface area contributed by atoms with Gasteiger partial charge in [0.2, 0.25) is 5.89 Å². The van der Waals surface area contributed by atoms with Gasteiger partial charge in [-0.1, -0.05) is 46.3 Å². The van der Waals surface area contributed by atoms with Gasteiger partial charge in [-0.15, -0.1) is 0 Å². The van der Waals surface area contributed by atoms with Crippen molar-refractivity contribution in [2.75, 3.05) is 0 Å². The fourth-order valence-corrected chi connectivity index (χ4v) is 1.37. The van der Waals surface area contributed by atoms with Gasteiger partial charge < -0.3 is 4.42 Å². The lowest BCUT2D eigenvalue weighted by Gasteiger charge is -1.92. The molecule has 1 heterocycles. The van der Waals surface area contributed by atoms with Gasteiger partial charge in [0.1, 0.15) is 0 Å². The zero-order valence-corrected chi connectivity index (χ0v) is 8.49. The van der Waals surface area contributed by atoms with Crippen molar-refractivity contribution >= 4 is 15.9 Å². The van der Waals surface area contributed by atoms with E-state index in [1.54, 1.807) is 6.20 Å². The standard InChI is InChI=1S/C10H8BrNO/c11-6-10-12-7-9(13-10)8-4-2-1-3-5-8/h1-5,7H,6H2. The Hall–Kier alpha value is -1.09. The maximum absolute atomic E-state index is 5.46. The molecule has 0 spiro atoms. The van der Waals surface area contributed by atoms with Crippen molar-refractivity contribution in [2.24, 2.45) is 0 Å². The zero-order valence-electron chi connectivity index (χ0n) is 6.90. The molecule has 0 N–H and O–H groups in total. The van der Waals surface area contributed by atoms with E-state index in [0.29, 0.717) is 11.2 Å². The van der Waals surface area contributed by atoms with Crippen LogP contribution in [0, 0.1) is 0 Å². The summed E-state index contributed by atoms with van der Waals surface area (Å²) in [5.74, 6) is 1.52. The first-order chi connectivity index (χ1) is 6.40. The molecule has 1 aromatic heterocycles. The lowest BCUT2D eigenvalue weighted by Crippen LogP contribution is -1.71. The Bertz CT molecular complexity index is 383. The van der Waals surface area contributed by atoms with Gasteiger partial charge in [0.05, 0.1) is 11.5 Å². The molecule has 2 aromatic rings. The third-order valence-corrected chi connectivity index (χ3v) is 2.21. The average Bonchev–Trinajstić information content (AvgIpc) is 2.67. The largest absolute Gasteiger partial charge is 0.440 e. The molecular formula is C10H8BrNO. The number of oxazole rings is 1. The molecular weight excluding hydrogens is 230 g/mol. The Morgan fingerprint density at radius 2 is 2.00 bits per heavy atom. The van der Waals surface area contributed by atoms with Crippen molar-refractivity contribution in [3.63, 3.8) is 0 Å². The fourth-order valence-electron chi connectivity index (χ4n) is 1.11. The van der Waals surface area contributed by atoms with Gasteiger partial charge in [-0.3, -0.25) is 0 Å². The normalized spacial score (nSPS) is 10.2. The second kappa shape index (κ2) is 3.75. The summed E-state index contributed by atoms with van der Waals surface area (Å²) in [4.78, 5) is 4.10. The van der Waals surface area contributed by atoms with Gasteiger partial charge >= 0.3 is 0 Å². The smallest absolute Gasteiger partial charge is 0.205 e. The number of benzene rings is 1. The quantitative estimate of drug-likeness (QED) is 0.750. The summed E-state index contributed by atoms with van der Waals surface area (Å²) in [5.41, 5.74) is 1.06. The van der Waals surface area contributed by atoms with E-state index in [9.17, 15) is 0 Å². The van der Waals surface area contributed by atoms with Gasteiger partial charge in [0, 0.05) is 5.56 Å². The topological polar surface area (TPSA) is 26.0 Å². The van der Waals surface area contributed by atoms with E-state index >= 15 is 0 Å². The molecule has 1 aromatic carbocycles. The highest BCUT2D eigenvalue weighted by molar-refractivity contribution is 9.08. The summed E-state index contributed by atoms with van der Waals surface area (Å²) >= 11 is 3.29. The summed E-state index contributed by atoms with van der Waals surface area (Å²) in [6.45, 7) is 0. The summed E-state index contributed by atoms with van der Waals surface area (Å²) in [6, 6.07) is 9.93. The van der Waals surface area contributed by atoms with Crippen molar-refractivity contribution in [1.29, 1.82) is 0 Å². The summed E-state index contributed by atoms with van der Waals surface area (Å²) in [5, 5.41) is 0.653. The van der Waals surface area contributed by atoms with E-state index in [1.807, 2.05) is 30.3 Å². The van der Waals surface area contributed by atoms with Gasteiger partial charge in [0.15, 0.2) is 5.76 Å². The van der Waals surface area contributed by atoms with Crippen LogP contribution in [0.2, 0.25) is 0 Å². The van der Waals surface area contributed by atoms with Crippen molar-refractivity contribution in [3.05, 3.63) is 42.4 Å². The average molecular weight is 238 g/mol. The van der Waals surface area contributed by atoms with E-state index < -0.39 is 0 Å². The van der Waals surface area contributed by atoms with E-state index in [0.717, 1.165) is 11.3 Å². The summed E-state index contributed by atoms with van der Waals surface area (Å²) in [6.07, 6.45) is 1.74. The third-order valence-electron chi connectivity index (χ3n) is 1.73. The number of aromatic nitrogens is 1. The summed E-state index contributed by atoms with van der Waals surface area (Å²) < 4.78 is 5.46. The van der Waals surface area contributed by atoms with Crippen LogP contribution in [0.15, 0.2) is 40.9 Å². The molecule has 66 valence electrons. The van der Waals surface area contributed by atoms with E-state index in [1.165, 1.54) is 0 Å². The number of nitrogens with zero attached hydrogens (tertiary/aromatic N) is 1. The van der Waals surface area contributed by atoms with Crippen LogP contribution in [0.3, 0.4) is 0 Å². The number of alkyl halides is 1. The third kappa shape index (κ3) is 1.80. The number of hydrogen-bond acceptors (Lipinski definition) is 2. The highest BCUT2D eigenvalue weighted by atomic mass is 79.9. The van der Waals surface area contributed by atoms with Crippen molar-refractivity contribution in [1.82, 2.24) is 4.98 Å². The van der Waals surface area contributed by atoms with Crippen LogP contribution in [-0.2, 0) is 5.33 Å². The van der Waals surface area contributed by atoms with E-state index in [4.69, 9.17) is 4.42 Å². The molecule has 0 saturated carbocycles. The number of rotatable bonds is 2. The number of halogens is 1. The first-order valence-electron chi connectivity index (χ1n) is 3.96. The van der Waals surface area contributed by atoms with Gasteiger partial charge in [0.25, 0.3) is 0 Å². The SMILES string of the molecule is BrCc1ncc(-c2ccccc2)o1. The van der Waals surface area contributed by atoms with Gasteiger partial charge in [-0.25, -0.2) is 4.98 Å². The molecule has 2 rings (SSSR count). The Kier molecular flexibility index (Phi) is 2.45. The Morgan fingerprint density at radius 3 is 2.62 bits per heavy atom. The molecule has 0 amide bonds. The van der Waals surface area contributed by atoms with E-state index in [-0.39, 0.29) is 0 Å². The van der Waals surface area contributed by atoms with Crippen molar-refractivity contribution in [3.8, 4) is 11.3 Å². The Labute approximate surface area is 84.7 Å². The molecule has 13 heavy (non-hydrogen) atoms. The van der Waals surface area contributed by atoms with E-state index in [2.05, 4.69) is 20.9 Å². The van der Waals surface area contributed by atoms with Crippen molar-refractivity contribution in [2.45, 2.75) is 5.33 Å². The second-order valence-corrected chi connectivity index (χ2v) is 3.18. The van der Waals surface area contributed by atoms with Crippen molar-refractivity contribution < 1.29 is 4.42 Å². The summed E-state index contributed by atoms with van der Waals surface area (Å²) in [7, 11) is 0. The van der Waals surface area contributed by atoms with Gasteiger partial charge in [-0.05, 0) is 0 Å². The van der Waals surface area contributed by atoms with Crippen LogP contribution in [0.5, 0.6) is 0 Å². The van der Waals surface area contributed by atoms with Crippen LogP contribution in [0.1, 0.15) is 5.89 Å². The molecule has 0 aliphatic carbocycles. The molecule has 2 nitrogen and oxygen atoms in total. The van der Waals surface area contributed by atoms with Crippen LogP contribution >= 0.6 is 15.9 Å². The molecule has 0 fully saturated rings. The minimum Gasteiger partial charge on any atom is -0.440 e. The van der Waals surface area contributed by atoms with Crippen LogP contribution in [0.25, 0.3) is 11.3 Å². The molecule has 0 radical (unpaired) electrons. The minimum absolute atomic E-state index is 0.653. The molecule has 0 saturated heterocycles. The number of hydrogen-bond donors (Lipinski definition) is 0. The molecule has 0 bridgehead atoms. The first-order valence-corrected chi connectivity index (χ1v) is 5.08.